The first kappa shape index (κ1) is 20.8. The number of nitrogens with two attached hydrogens (primary N) is 1. The normalized spacial score (nSPS) is 15.3. The number of benzene rings is 1. The van der Waals surface area contributed by atoms with Crippen molar-refractivity contribution in [2.75, 3.05) is 37.0 Å². The molecule has 1 aromatic carbocycles. The maximum absolute atomic E-state index is 12.9. The number of amides is 1. The van der Waals surface area contributed by atoms with Gasteiger partial charge in [-0.25, -0.2) is 8.42 Å². The average molecular weight is 444 g/mol. The third-order valence-electron chi connectivity index (χ3n) is 4.15. The smallest absolute Gasteiger partial charge is 0.243 e. The van der Waals surface area contributed by atoms with Crippen LogP contribution in [0.1, 0.15) is 19.3 Å². The zero-order valence-electron chi connectivity index (χ0n) is 15.3. The van der Waals surface area contributed by atoms with E-state index in [1.807, 2.05) is 0 Å². The molecular weight excluding hydrogens is 422 g/mol. The van der Waals surface area contributed by atoms with Crippen LogP contribution in [0.2, 0.25) is 0 Å². The first-order chi connectivity index (χ1) is 13.4. The van der Waals surface area contributed by atoms with Crippen LogP contribution in [0.15, 0.2) is 27.4 Å². The molecule has 1 amide bonds. The van der Waals surface area contributed by atoms with Gasteiger partial charge in [0.05, 0.1) is 23.4 Å². The molecule has 12 heteroatoms. The zero-order valence-corrected chi connectivity index (χ0v) is 17.7. The topological polar surface area (TPSA) is 128 Å². The Morgan fingerprint density at radius 2 is 2.07 bits per heavy atom. The first-order valence-electron chi connectivity index (χ1n) is 8.60. The molecule has 9 nitrogen and oxygen atoms in total. The maximum atomic E-state index is 12.9. The van der Waals surface area contributed by atoms with Crippen molar-refractivity contribution in [2.45, 2.75) is 28.5 Å². The van der Waals surface area contributed by atoms with E-state index >= 15 is 0 Å². The third kappa shape index (κ3) is 4.93. The molecular formula is C16H21N5O4S3. The van der Waals surface area contributed by atoms with Gasteiger partial charge in [-0.15, -0.1) is 10.2 Å². The summed E-state index contributed by atoms with van der Waals surface area (Å²) in [6.07, 6.45) is 2.74. The first-order valence-corrected chi connectivity index (χ1v) is 11.8. The van der Waals surface area contributed by atoms with Gasteiger partial charge in [0.15, 0.2) is 4.34 Å². The van der Waals surface area contributed by atoms with Crippen molar-refractivity contribution in [3.05, 3.63) is 18.2 Å². The number of methoxy groups -OCH3 is 1. The molecule has 0 bridgehead atoms. The number of anilines is 2. The van der Waals surface area contributed by atoms with Crippen molar-refractivity contribution in [3.63, 3.8) is 0 Å². The van der Waals surface area contributed by atoms with E-state index in [-0.39, 0.29) is 16.6 Å². The SMILES string of the molecule is COc1ccc(S(=O)(=O)N2CCCCC2)cc1NC(=O)CSc1nnc(N)s1. The van der Waals surface area contributed by atoms with Gasteiger partial charge in [0.1, 0.15) is 5.75 Å². The summed E-state index contributed by atoms with van der Waals surface area (Å²) in [4.78, 5) is 12.4. The highest BCUT2D eigenvalue weighted by molar-refractivity contribution is 8.01. The lowest BCUT2D eigenvalue weighted by Gasteiger charge is -2.26. The highest BCUT2D eigenvalue weighted by Crippen LogP contribution is 2.30. The second-order valence-corrected chi connectivity index (χ2v) is 10.2. The number of nitrogens with one attached hydrogen (secondary N) is 1. The van der Waals surface area contributed by atoms with E-state index in [1.54, 1.807) is 6.07 Å². The predicted octanol–water partition coefficient (Wildman–Crippen LogP) is 2.03. The molecule has 2 heterocycles. The third-order valence-corrected chi connectivity index (χ3v) is 7.93. The predicted molar refractivity (Wildman–Crippen MR) is 109 cm³/mol. The Kier molecular flexibility index (Phi) is 6.75. The summed E-state index contributed by atoms with van der Waals surface area (Å²) in [6, 6.07) is 4.48. The van der Waals surface area contributed by atoms with E-state index in [2.05, 4.69) is 15.5 Å². The number of piperidine rings is 1. The van der Waals surface area contributed by atoms with Gasteiger partial charge < -0.3 is 15.8 Å². The van der Waals surface area contributed by atoms with Gasteiger partial charge in [0.2, 0.25) is 21.1 Å². The number of sulfonamides is 1. The summed E-state index contributed by atoms with van der Waals surface area (Å²) in [5.41, 5.74) is 5.83. The van der Waals surface area contributed by atoms with E-state index in [4.69, 9.17) is 10.5 Å². The monoisotopic (exact) mass is 443 g/mol. The number of nitrogen functional groups attached to an aromatic ring is 1. The fourth-order valence-electron chi connectivity index (χ4n) is 2.79. The van der Waals surface area contributed by atoms with Gasteiger partial charge in [-0.1, -0.05) is 29.5 Å². The minimum Gasteiger partial charge on any atom is -0.495 e. The summed E-state index contributed by atoms with van der Waals surface area (Å²) in [5.74, 6) is 0.154. The Morgan fingerprint density at radius 1 is 1.32 bits per heavy atom. The molecule has 1 aliphatic rings. The lowest BCUT2D eigenvalue weighted by atomic mass is 10.2. The molecule has 0 aliphatic carbocycles. The molecule has 152 valence electrons. The Labute approximate surface area is 171 Å². The number of hydrogen-bond donors (Lipinski definition) is 2. The number of aromatic nitrogens is 2. The molecule has 0 saturated carbocycles. The van der Waals surface area contributed by atoms with Crippen LogP contribution in [-0.4, -0.2) is 54.8 Å². The number of nitrogens with zero attached hydrogens (tertiary/aromatic N) is 3. The van der Waals surface area contributed by atoms with Crippen LogP contribution >= 0.6 is 23.1 Å². The van der Waals surface area contributed by atoms with Gasteiger partial charge in [-0.05, 0) is 31.0 Å². The Balaban J connectivity index is 1.74. The van der Waals surface area contributed by atoms with Crippen LogP contribution in [-0.2, 0) is 14.8 Å². The van der Waals surface area contributed by atoms with Crippen molar-refractivity contribution in [3.8, 4) is 5.75 Å². The van der Waals surface area contributed by atoms with E-state index in [1.165, 1.54) is 46.6 Å². The second kappa shape index (κ2) is 9.07. The molecule has 1 aliphatic heterocycles. The number of carbonyl (C=O) groups excluding carboxylic acids is 1. The molecule has 28 heavy (non-hydrogen) atoms. The molecule has 0 radical (unpaired) electrons. The van der Waals surface area contributed by atoms with Crippen LogP contribution in [0, 0.1) is 0 Å². The number of carbonyl (C=O) groups is 1. The number of rotatable bonds is 7. The van der Waals surface area contributed by atoms with Crippen LogP contribution in [0.3, 0.4) is 0 Å². The van der Waals surface area contributed by atoms with Crippen molar-refractivity contribution < 1.29 is 17.9 Å². The minimum absolute atomic E-state index is 0.0842. The molecule has 0 atom stereocenters. The number of thioether (sulfide) groups is 1. The van der Waals surface area contributed by atoms with Crippen molar-refractivity contribution in [2.24, 2.45) is 0 Å². The van der Waals surface area contributed by atoms with Crippen LogP contribution in [0.25, 0.3) is 0 Å². The van der Waals surface area contributed by atoms with Crippen molar-refractivity contribution in [1.29, 1.82) is 0 Å². The van der Waals surface area contributed by atoms with E-state index in [9.17, 15) is 13.2 Å². The number of ether oxygens (including phenoxy) is 1. The molecule has 1 aromatic heterocycles. The van der Waals surface area contributed by atoms with E-state index in [0.29, 0.717) is 34.0 Å². The average Bonchev–Trinajstić information content (AvgIpc) is 3.12. The molecule has 0 unspecified atom stereocenters. The molecule has 3 N–H and O–H groups in total. The van der Waals surface area contributed by atoms with Gasteiger partial charge in [0.25, 0.3) is 0 Å². The van der Waals surface area contributed by atoms with Gasteiger partial charge in [-0.3, -0.25) is 4.79 Å². The molecule has 2 aromatic rings. The minimum atomic E-state index is -3.61. The fraction of sp³-hybridized carbons (Fsp3) is 0.438. The van der Waals surface area contributed by atoms with E-state index < -0.39 is 10.0 Å². The zero-order chi connectivity index (χ0) is 20.1. The lowest BCUT2D eigenvalue weighted by Crippen LogP contribution is -2.35. The molecule has 3 rings (SSSR count). The quantitative estimate of drug-likeness (QED) is 0.622. The Bertz CT molecular complexity index is 942. The standard InChI is InChI=1S/C16H21N5O4S3/c1-25-13-6-5-11(28(23,24)21-7-3-2-4-8-21)9-12(13)18-14(22)10-26-16-20-19-15(17)27-16/h5-6,9H,2-4,7-8,10H2,1H3,(H2,17,19)(H,18,22). The van der Waals surface area contributed by atoms with Crippen LogP contribution in [0.4, 0.5) is 10.8 Å². The number of hydrogen-bond acceptors (Lipinski definition) is 9. The Morgan fingerprint density at radius 3 is 2.71 bits per heavy atom. The van der Waals surface area contributed by atoms with Crippen molar-refractivity contribution in [1.82, 2.24) is 14.5 Å². The summed E-state index contributed by atoms with van der Waals surface area (Å²) in [7, 11) is -2.15. The highest BCUT2D eigenvalue weighted by atomic mass is 32.2. The summed E-state index contributed by atoms with van der Waals surface area (Å²) in [6.45, 7) is 1.02. The second-order valence-electron chi connectivity index (χ2n) is 6.07. The maximum Gasteiger partial charge on any atom is 0.243 e. The largest absolute Gasteiger partial charge is 0.495 e. The molecule has 0 spiro atoms. The van der Waals surface area contributed by atoms with Gasteiger partial charge in [-0.2, -0.15) is 4.31 Å². The fourth-order valence-corrected chi connectivity index (χ4v) is 5.77. The van der Waals surface area contributed by atoms with Crippen LogP contribution in [0.5, 0.6) is 5.75 Å². The Hall–Kier alpha value is -1.89. The molecule has 1 saturated heterocycles. The van der Waals surface area contributed by atoms with Gasteiger partial charge >= 0.3 is 0 Å². The summed E-state index contributed by atoms with van der Waals surface area (Å²) < 4.78 is 33.1. The summed E-state index contributed by atoms with van der Waals surface area (Å²) in [5, 5.41) is 10.6. The lowest BCUT2D eigenvalue weighted by molar-refractivity contribution is -0.113. The van der Waals surface area contributed by atoms with Crippen LogP contribution < -0.4 is 15.8 Å². The highest BCUT2D eigenvalue weighted by Gasteiger charge is 2.27. The summed E-state index contributed by atoms with van der Waals surface area (Å²) >= 11 is 2.39. The van der Waals surface area contributed by atoms with Gasteiger partial charge in [0, 0.05) is 13.1 Å². The molecule has 1 fully saturated rings. The van der Waals surface area contributed by atoms with Crippen molar-refractivity contribution >= 4 is 49.8 Å². The van der Waals surface area contributed by atoms with E-state index in [0.717, 1.165) is 19.3 Å².